The number of ether oxygens (including phenoxy) is 3. The summed E-state index contributed by atoms with van der Waals surface area (Å²) >= 11 is 0. The number of benzene rings is 2. The quantitative estimate of drug-likeness (QED) is 0.209. The van der Waals surface area contributed by atoms with Gasteiger partial charge in [-0.3, -0.25) is 4.79 Å². The molecule has 2 N–H and O–H groups in total. The molecule has 0 bridgehead atoms. The van der Waals surface area contributed by atoms with Gasteiger partial charge < -0.3 is 24.8 Å². The van der Waals surface area contributed by atoms with Crippen LogP contribution in [0.15, 0.2) is 60.7 Å². The first-order valence-corrected chi connectivity index (χ1v) is 13.6. The Morgan fingerprint density at radius 3 is 2.34 bits per heavy atom. The molecule has 0 saturated heterocycles. The Kier molecular flexibility index (Phi) is 12.2. The van der Waals surface area contributed by atoms with E-state index >= 15 is 0 Å². The number of rotatable bonds is 15. The van der Waals surface area contributed by atoms with Crippen molar-refractivity contribution in [1.29, 1.82) is 0 Å². The van der Waals surface area contributed by atoms with Gasteiger partial charge in [0.25, 0.3) is 0 Å². The maximum atomic E-state index is 12.7. The minimum absolute atomic E-state index is 0.0172. The number of unbranched alkanes of at least 4 members (excludes halogenated alkanes) is 1. The third-order valence-corrected chi connectivity index (χ3v) is 5.87. The molecule has 0 saturated carbocycles. The monoisotopic (exact) mass is 566 g/mol. The number of esters is 1. The minimum atomic E-state index is -0.624. The maximum absolute atomic E-state index is 12.7. The molecule has 0 fully saturated rings. The van der Waals surface area contributed by atoms with Gasteiger partial charge in [-0.15, -0.1) is 5.10 Å². The van der Waals surface area contributed by atoms with Gasteiger partial charge >= 0.3 is 12.1 Å². The molecular formula is C29H38N6O6. The van der Waals surface area contributed by atoms with Crippen LogP contribution in [-0.4, -0.2) is 64.5 Å². The summed E-state index contributed by atoms with van der Waals surface area (Å²) in [5.41, 5.74) is 0.879. The van der Waals surface area contributed by atoms with Gasteiger partial charge in [0, 0.05) is 12.0 Å². The Morgan fingerprint density at radius 1 is 0.927 bits per heavy atom. The summed E-state index contributed by atoms with van der Waals surface area (Å²) in [4.78, 5) is 36.7. The van der Waals surface area contributed by atoms with E-state index in [0.29, 0.717) is 37.4 Å². The predicted octanol–water partition coefficient (Wildman–Crippen LogP) is 3.46. The number of nitrogens with one attached hydrogen (secondary N) is 2. The molecule has 3 aromatic rings. The third kappa shape index (κ3) is 11.0. The Morgan fingerprint density at radius 2 is 1.63 bits per heavy atom. The second-order valence-electron chi connectivity index (χ2n) is 10.3. The zero-order chi connectivity index (χ0) is 29.5. The van der Waals surface area contributed by atoms with Crippen molar-refractivity contribution in [3.8, 4) is 0 Å². The molecule has 0 aliphatic heterocycles. The number of carbonyl (C=O) groups is 3. The topological polar surface area (TPSA) is 147 Å². The molecule has 220 valence electrons. The number of nitrogens with zero attached hydrogens (tertiary/aromatic N) is 4. The Bertz CT molecular complexity index is 1230. The lowest BCUT2D eigenvalue weighted by Gasteiger charge is -2.24. The zero-order valence-electron chi connectivity index (χ0n) is 23.7. The van der Waals surface area contributed by atoms with Crippen molar-refractivity contribution in [1.82, 2.24) is 30.8 Å². The average Bonchev–Trinajstić information content (AvgIpc) is 3.43. The predicted molar refractivity (Wildman–Crippen MR) is 150 cm³/mol. The van der Waals surface area contributed by atoms with E-state index < -0.39 is 17.6 Å². The van der Waals surface area contributed by atoms with Crippen molar-refractivity contribution in [2.24, 2.45) is 5.41 Å². The molecule has 3 rings (SSSR count). The van der Waals surface area contributed by atoms with Gasteiger partial charge in [0.15, 0.2) is 5.82 Å². The second kappa shape index (κ2) is 16.1. The van der Waals surface area contributed by atoms with Gasteiger partial charge in [0.05, 0.1) is 31.9 Å². The van der Waals surface area contributed by atoms with Gasteiger partial charge in [-0.05, 0) is 41.0 Å². The number of hydrogen-bond acceptors (Lipinski definition) is 9. The largest absolute Gasteiger partial charge is 0.462 e. The van der Waals surface area contributed by atoms with Crippen LogP contribution in [0.25, 0.3) is 0 Å². The van der Waals surface area contributed by atoms with Crippen LogP contribution in [0.4, 0.5) is 4.79 Å². The Labute approximate surface area is 239 Å². The van der Waals surface area contributed by atoms with Crippen LogP contribution in [0, 0.1) is 5.41 Å². The van der Waals surface area contributed by atoms with Gasteiger partial charge in [0.1, 0.15) is 12.6 Å². The molecule has 12 heteroatoms. The van der Waals surface area contributed by atoms with E-state index in [-0.39, 0.29) is 38.2 Å². The summed E-state index contributed by atoms with van der Waals surface area (Å²) in [6.45, 7) is 6.80. The van der Waals surface area contributed by atoms with Crippen LogP contribution in [0.5, 0.6) is 0 Å². The van der Waals surface area contributed by atoms with Crippen LogP contribution < -0.4 is 10.6 Å². The molecule has 41 heavy (non-hydrogen) atoms. The maximum Gasteiger partial charge on any atom is 0.407 e. The molecule has 12 nitrogen and oxygen atoms in total. The summed E-state index contributed by atoms with van der Waals surface area (Å²) in [6, 6.07) is 17.9. The van der Waals surface area contributed by atoms with Crippen molar-refractivity contribution in [3.05, 3.63) is 77.6 Å². The van der Waals surface area contributed by atoms with Crippen molar-refractivity contribution < 1.29 is 28.6 Å². The molecule has 2 amide bonds. The molecule has 0 radical (unpaired) electrons. The van der Waals surface area contributed by atoms with E-state index in [0.717, 1.165) is 5.56 Å². The fourth-order valence-corrected chi connectivity index (χ4v) is 3.56. The average molecular weight is 567 g/mol. The van der Waals surface area contributed by atoms with Gasteiger partial charge in [-0.1, -0.05) is 69.3 Å². The molecule has 0 aliphatic carbocycles. The number of hydrogen-bond donors (Lipinski definition) is 2. The van der Waals surface area contributed by atoms with Crippen LogP contribution in [0.1, 0.15) is 61.4 Å². The smallest absolute Gasteiger partial charge is 0.407 e. The van der Waals surface area contributed by atoms with Crippen LogP contribution >= 0.6 is 0 Å². The van der Waals surface area contributed by atoms with E-state index in [1.165, 1.54) is 4.68 Å². The number of aromatic nitrogens is 4. The van der Waals surface area contributed by atoms with Crippen LogP contribution in [0.3, 0.4) is 0 Å². The highest BCUT2D eigenvalue weighted by molar-refractivity contribution is 5.89. The summed E-state index contributed by atoms with van der Waals surface area (Å²) in [5, 5.41) is 17.5. The summed E-state index contributed by atoms with van der Waals surface area (Å²) in [5.74, 6) is -0.154. The van der Waals surface area contributed by atoms with E-state index in [1.54, 1.807) is 24.3 Å². The van der Waals surface area contributed by atoms with Crippen molar-refractivity contribution in [3.63, 3.8) is 0 Å². The lowest BCUT2D eigenvalue weighted by atomic mass is 9.95. The van der Waals surface area contributed by atoms with Gasteiger partial charge in [-0.25, -0.2) is 14.3 Å². The first-order chi connectivity index (χ1) is 19.7. The summed E-state index contributed by atoms with van der Waals surface area (Å²) in [6.07, 6.45) is 0.637. The molecule has 0 aliphatic rings. The van der Waals surface area contributed by atoms with E-state index in [2.05, 4.69) is 26.2 Å². The number of amides is 2. The van der Waals surface area contributed by atoms with Crippen molar-refractivity contribution in [2.45, 2.75) is 52.8 Å². The normalized spacial score (nSPS) is 11.9. The lowest BCUT2D eigenvalue weighted by molar-refractivity contribution is -0.130. The highest BCUT2D eigenvalue weighted by Crippen LogP contribution is 2.18. The lowest BCUT2D eigenvalue weighted by Crippen LogP contribution is -2.40. The first kappa shape index (κ1) is 31.2. The second-order valence-corrected chi connectivity index (χ2v) is 10.3. The fourth-order valence-electron chi connectivity index (χ4n) is 3.56. The molecule has 0 unspecified atom stereocenters. The minimum Gasteiger partial charge on any atom is -0.462 e. The molecular weight excluding hydrogens is 528 g/mol. The third-order valence-electron chi connectivity index (χ3n) is 5.87. The summed E-state index contributed by atoms with van der Waals surface area (Å²) < 4.78 is 17.8. The van der Waals surface area contributed by atoms with E-state index in [4.69, 9.17) is 14.2 Å². The summed E-state index contributed by atoms with van der Waals surface area (Å²) in [7, 11) is 0. The molecule has 1 atom stereocenters. The Balaban J connectivity index is 1.40. The number of tetrazole rings is 1. The zero-order valence-corrected chi connectivity index (χ0v) is 23.7. The highest BCUT2D eigenvalue weighted by atomic mass is 16.5. The Hall–Kier alpha value is -4.32. The van der Waals surface area contributed by atoms with E-state index in [9.17, 15) is 14.4 Å². The number of carbonyl (C=O) groups excluding carboxylic acids is 3. The SMILES string of the molecule is CC(C)(C)C(=O)N[C@H](COCc1ccccc1)c1nnnn1CCOC(=O)NCCCCOC(=O)c1ccccc1. The van der Waals surface area contributed by atoms with Crippen molar-refractivity contribution in [2.75, 3.05) is 26.4 Å². The molecule has 0 spiro atoms. The van der Waals surface area contributed by atoms with Crippen LogP contribution in [0.2, 0.25) is 0 Å². The molecule has 1 aromatic heterocycles. The van der Waals surface area contributed by atoms with Crippen LogP contribution in [-0.2, 0) is 32.2 Å². The van der Waals surface area contributed by atoms with Gasteiger partial charge in [-0.2, -0.15) is 0 Å². The molecule has 2 aromatic carbocycles. The molecule has 1 heterocycles. The standard InChI is InChI=1S/C29H38N6O6/c1-29(2,3)27(37)31-24(21-39-20-22-12-6-4-7-13-22)25-32-33-34-35(25)17-19-41-28(38)30-16-10-11-18-40-26(36)23-14-8-5-9-15-23/h4-9,12-15,24H,10-11,16-21H2,1-3H3,(H,30,38)(H,31,37)/t24-/m1/s1. The van der Waals surface area contributed by atoms with E-state index in [1.807, 2.05) is 57.2 Å². The van der Waals surface area contributed by atoms with Crippen molar-refractivity contribution >= 4 is 18.0 Å². The first-order valence-electron chi connectivity index (χ1n) is 13.6. The number of alkyl carbamates (subject to hydrolysis) is 1. The fraction of sp³-hybridized carbons (Fsp3) is 0.448. The highest BCUT2D eigenvalue weighted by Gasteiger charge is 2.28. The van der Waals surface area contributed by atoms with Gasteiger partial charge in [0.2, 0.25) is 5.91 Å².